The van der Waals surface area contributed by atoms with Crippen molar-refractivity contribution in [2.75, 3.05) is 6.61 Å². The number of carbonyl (C=O) groups is 1. The summed E-state index contributed by atoms with van der Waals surface area (Å²) in [6.45, 7) is 1.51. The summed E-state index contributed by atoms with van der Waals surface area (Å²) in [7, 11) is 1.80. The lowest BCUT2D eigenvalue weighted by molar-refractivity contribution is -0.144. The molecule has 5 heteroatoms. The van der Waals surface area contributed by atoms with Crippen LogP contribution >= 0.6 is 0 Å². The first kappa shape index (κ1) is 9.73. The quantitative estimate of drug-likeness (QED) is 0.743. The van der Waals surface area contributed by atoms with Crippen LogP contribution in [-0.2, 0) is 16.6 Å². The Morgan fingerprint density at radius 2 is 2.54 bits per heavy atom. The number of carboxylic acid groups (broad SMARTS) is 1. The van der Waals surface area contributed by atoms with Crippen molar-refractivity contribution < 1.29 is 14.6 Å². The maximum absolute atomic E-state index is 10.2. The zero-order valence-corrected chi connectivity index (χ0v) is 7.60. The molecule has 72 valence electrons. The Hall–Kier alpha value is -1.36. The minimum absolute atomic E-state index is 0.232. The largest absolute Gasteiger partial charge is 0.480 e. The van der Waals surface area contributed by atoms with Crippen LogP contribution in [0.4, 0.5) is 0 Å². The van der Waals surface area contributed by atoms with Crippen LogP contribution in [-0.4, -0.2) is 27.5 Å². The molecule has 5 nitrogen and oxygen atoms in total. The molecule has 1 aromatic heterocycles. The van der Waals surface area contributed by atoms with Gasteiger partial charge in [0.25, 0.3) is 0 Å². The molecule has 1 atom stereocenters. The molecule has 1 unspecified atom stereocenters. The monoisotopic (exact) mass is 184 g/mol. The van der Waals surface area contributed by atoms with Crippen LogP contribution < -0.4 is 0 Å². The molecule has 1 N–H and O–H groups in total. The fourth-order valence-electron chi connectivity index (χ4n) is 0.943. The third kappa shape index (κ3) is 2.87. The van der Waals surface area contributed by atoms with Crippen LogP contribution in [0.1, 0.15) is 18.6 Å². The minimum atomic E-state index is -0.962. The smallest absolute Gasteiger partial charge is 0.329 e. The molecule has 1 rings (SSSR count). The summed E-state index contributed by atoms with van der Waals surface area (Å²) >= 11 is 0. The van der Waals surface area contributed by atoms with Gasteiger partial charge >= 0.3 is 5.97 Å². The van der Waals surface area contributed by atoms with Gasteiger partial charge in [-0.1, -0.05) is 0 Å². The van der Waals surface area contributed by atoms with Gasteiger partial charge in [0.05, 0.1) is 12.3 Å². The lowest BCUT2D eigenvalue weighted by Crippen LogP contribution is -2.09. The average molecular weight is 184 g/mol. The SMILES string of the molecule is CC(OCC(=O)O)c1cnn(C)c1. The van der Waals surface area contributed by atoms with Crippen molar-refractivity contribution >= 4 is 5.97 Å². The first-order valence-electron chi connectivity index (χ1n) is 3.91. The van der Waals surface area contributed by atoms with Crippen LogP contribution in [0, 0.1) is 0 Å². The lowest BCUT2D eigenvalue weighted by Gasteiger charge is -2.07. The van der Waals surface area contributed by atoms with E-state index >= 15 is 0 Å². The van der Waals surface area contributed by atoms with Crippen molar-refractivity contribution in [2.24, 2.45) is 7.05 Å². The molecule has 1 heterocycles. The van der Waals surface area contributed by atoms with Gasteiger partial charge < -0.3 is 9.84 Å². The van der Waals surface area contributed by atoms with E-state index in [0.29, 0.717) is 0 Å². The summed E-state index contributed by atoms with van der Waals surface area (Å²) < 4.78 is 6.70. The maximum atomic E-state index is 10.2. The molecule has 0 amide bonds. The number of nitrogens with zero attached hydrogens (tertiary/aromatic N) is 2. The average Bonchev–Trinajstić information content (AvgIpc) is 2.47. The van der Waals surface area contributed by atoms with Crippen LogP contribution in [0.5, 0.6) is 0 Å². The summed E-state index contributed by atoms with van der Waals surface area (Å²) in [5, 5.41) is 12.3. The molecule has 0 spiro atoms. The van der Waals surface area contributed by atoms with Crippen molar-refractivity contribution in [3.05, 3.63) is 18.0 Å². The van der Waals surface area contributed by atoms with E-state index in [2.05, 4.69) is 5.10 Å². The predicted octanol–water partition coefficient (Wildman–Crippen LogP) is 0.582. The number of aryl methyl sites for hydroxylation is 1. The molecule has 1 aromatic rings. The van der Waals surface area contributed by atoms with Crippen molar-refractivity contribution in [1.29, 1.82) is 0 Å². The molecule has 0 aliphatic heterocycles. The highest BCUT2D eigenvalue weighted by Crippen LogP contribution is 2.14. The molecular weight excluding hydrogens is 172 g/mol. The van der Waals surface area contributed by atoms with E-state index in [4.69, 9.17) is 9.84 Å². The van der Waals surface area contributed by atoms with E-state index in [0.717, 1.165) is 5.56 Å². The highest BCUT2D eigenvalue weighted by atomic mass is 16.5. The number of hydrogen-bond donors (Lipinski definition) is 1. The third-order valence-corrected chi connectivity index (χ3v) is 1.65. The molecule has 0 bridgehead atoms. The van der Waals surface area contributed by atoms with Gasteiger partial charge in [0.2, 0.25) is 0 Å². The number of aliphatic carboxylic acids is 1. The molecule has 0 saturated carbocycles. The first-order chi connectivity index (χ1) is 6.09. The van der Waals surface area contributed by atoms with Gasteiger partial charge in [-0.15, -0.1) is 0 Å². The lowest BCUT2D eigenvalue weighted by atomic mass is 10.2. The number of aromatic nitrogens is 2. The topological polar surface area (TPSA) is 64.3 Å². The second kappa shape index (κ2) is 4.04. The van der Waals surface area contributed by atoms with E-state index in [-0.39, 0.29) is 12.7 Å². The van der Waals surface area contributed by atoms with Crippen molar-refractivity contribution in [3.63, 3.8) is 0 Å². The molecule has 0 fully saturated rings. The standard InChI is InChI=1S/C8H12N2O3/c1-6(13-5-8(11)12)7-3-9-10(2)4-7/h3-4,6H,5H2,1-2H3,(H,11,12). The van der Waals surface area contributed by atoms with E-state index in [1.54, 1.807) is 31.0 Å². The fraction of sp³-hybridized carbons (Fsp3) is 0.500. The van der Waals surface area contributed by atoms with Crippen molar-refractivity contribution in [1.82, 2.24) is 9.78 Å². The fourth-order valence-corrected chi connectivity index (χ4v) is 0.943. The highest BCUT2D eigenvalue weighted by Gasteiger charge is 2.09. The molecule has 0 aliphatic rings. The maximum Gasteiger partial charge on any atom is 0.329 e. The minimum Gasteiger partial charge on any atom is -0.480 e. The second-order valence-electron chi connectivity index (χ2n) is 2.79. The molecular formula is C8H12N2O3. The number of ether oxygens (including phenoxy) is 1. The van der Waals surface area contributed by atoms with Gasteiger partial charge in [-0.05, 0) is 6.92 Å². The van der Waals surface area contributed by atoms with E-state index in [1.807, 2.05) is 0 Å². The van der Waals surface area contributed by atoms with Gasteiger partial charge in [0, 0.05) is 18.8 Å². The Balaban J connectivity index is 2.48. The van der Waals surface area contributed by atoms with Gasteiger partial charge in [-0.2, -0.15) is 5.10 Å². The summed E-state index contributed by atoms with van der Waals surface area (Å²) in [5.74, 6) is -0.962. The Bertz CT molecular complexity index is 295. The van der Waals surface area contributed by atoms with Gasteiger partial charge in [-0.25, -0.2) is 4.79 Å². The zero-order valence-electron chi connectivity index (χ0n) is 7.60. The number of hydrogen-bond acceptors (Lipinski definition) is 3. The van der Waals surface area contributed by atoms with Gasteiger partial charge in [0.15, 0.2) is 0 Å². The second-order valence-corrected chi connectivity index (χ2v) is 2.79. The molecule has 13 heavy (non-hydrogen) atoms. The van der Waals surface area contributed by atoms with E-state index in [1.165, 1.54) is 0 Å². The van der Waals surface area contributed by atoms with Crippen LogP contribution in [0.15, 0.2) is 12.4 Å². The molecule has 0 radical (unpaired) electrons. The van der Waals surface area contributed by atoms with Crippen molar-refractivity contribution in [3.8, 4) is 0 Å². The summed E-state index contributed by atoms with van der Waals surface area (Å²) in [6.07, 6.45) is 3.23. The molecule has 0 aromatic carbocycles. The number of carboxylic acids is 1. The highest BCUT2D eigenvalue weighted by molar-refractivity contribution is 5.68. The Morgan fingerprint density at radius 3 is 3.00 bits per heavy atom. The van der Waals surface area contributed by atoms with Crippen LogP contribution in [0.3, 0.4) is 0 Å². The number of rotatable bonds is 4. The van der Waals surface area contributed by atoms with Gasteiger partial charge in [0.1, 0.15) is 6.61 Å². The van der Waals surface area contributed by atoms with E-state index in [9.17, 15) is 4.79 Å². The zero-order chi connectivity index (χ0) is 9.84. The van der Waals surface area contributed by atoms with Gasteiger partial charge in [-0.3, -0.25) is 4.68 Å². The Morgan fingerprint density at radius 1 is 1.85 bits per heavy atom. The summed E-state index contributed by atoms with van der Waals surface area (Å²) in [4.78, 5) is 10.2. The first-order valence-corrected chi connectivity index (χ1v) is 3.91. The van der Waals surface area contributed by atoms with Crippen molar-refractivity contribution in [2.45, 2.75) is 13.0 Å². The van der Waals surface area contributed by atoms with Crippen LogP contribution in [0.2, 0.25) is 0 Å². The van der Waals surface area contributed by atoms with E-state index < -0.39 is 5.97 Å². The summed E-state index contributed by atoms with van der Waals surface area (Å²) in [6, 6.07) is 0. The Kier molecular flexibility index (Phi) is 3.02. The molecule has 0 aliphatic carbocycles. The van der Waals surface area contributed by atoms with Crippen LogP contribution in [0.25, 0.3) is 0 Å². The predicted molar refractivity (Wildman–Crippen MR) is 45.2 cm³/mol. The summed E-state index contributed by atoms with van der Waals surface area (Å²) in [5.41, 5.74) is 0.878. The normalized spacial score (nSPS) is 12.8. The third-order valence-electron chi connectivity index (χ3n) is 1.65. The Labute approximate surface area is 75.9 Å². The molecule has 0 saturated heterocycles.